The lowest BCUT2D eigenvalue weighted by Crippen LogP contribution is -2.25. The molecule has 0 bridgehead atoms. The minimum Gasteiger partial charge on any atom is -0.460 e. The van der Waals surface area contributed by atoms with Crippen molar-refractivity contribution in [3.63, 3.8) is 0 Å². The zero-order valence-corrected chi connectivity index (χ0v) is 16.0. The Morgan fingerprint density at radius 1 is 1.23 bits per heavy atom. The molecule has 3 rings (SSSR count). The van der Waals surface area contributed by atoms with Crippen LogP contribution in [0.5, 0.6) is 0 Å². The first kappa shape index (κ1) is 18.6. The van der Waals surface area contributed by atoms with E-state index < -0.39 is 5.60 Å². The van der Waals surface area contributed by atoms with E-state index in [1.54, 1.807) is 0 Å². The first-order valence-electron chi connectivity index (χ1n) is 9.22. The molecule has 26 heavy (non-hydrogen) atoms. The number of nitrogens with zero attached hydrogens (tertiary/aromatic N) is 2. The Morgan fingerprint density at radius 3 is 2.65 bits per heavy atom. The Kier molecular flexibility index (Phi) is 5.47. The van der Waals surface area contributed by atoms with E-state index in [0.29, 0.717) is 25.7 Å². The zero-order valence-electron chi connectivity index (χ0n) is 16.0. The van der Waals surface area contributed by atoms with E-state index in [2.05, 4.69) is 24.2 Å². The highest BCUT2D eigenvalue weighted by atomic mass is 16.6. The van der Waals surface area contributed by atoms with E-state index in [-0.39, 0.29) is 17.8 Å². The molecule has 0 aliphatic heterocycles. The lowest BCUT2D eigenvalue weighted by Gasteiger charge is -2.19. The van der Waals surface area contributed by atoms with E-state index in [1.807, 2.05) is 56.0 Å². The molecular formula is C21H28N2O3. The molecule has 1 heterocycles. The molecule has 0 amide bonds. The molecule has 3 unspecified atom stereocenters. The van der Waals surface area contributed by atoms with Gasteiger partial charge in [-0.25, -0.2) is 0 Å². The van der Waals surface area contributed by atoms with Crippen molar-refractivity contribution in [3.8, 4) is 0 Å². The number of hydrogen-bond acceptors (Lipinski definition) is 4. The van der Waals surface area contributed by atoms with Crippen LogP contribution in [0.2, 0.25) is 0 Å². The van der Waals surface area contributed by atoms with Crippen molar-refractivity contribution < 1.29 is 14.3 Å². The van der Waals surface area contributed by atoms with Crippen LogP contribution in [0, 0.1) is 11.8 Å². The topological polar surface area (TPSA) is 53.3 Å². The molecule has 2 aromatic rings. The normalized spacial score (nSPS) is 22.2. The van der Waals surface area contributed by atoms with Crippen molar-refractivity contribution in [1.29, 1.82) is 0 Å². The predicted molar refractivity (Wildman–Crippen MR) is 99.6 cm³/mol. The van der Waals surface area contributed by atoms with Crippen molar-refractivity contribution in [1.82, 2.24) is 9.78 Å². The highest BCUT2D eigenvalue weighted by Crippen LogP contribution is 2.54. The molecule has 0 N–H and O–H groups in total. The summed E-state index contributed by atoms with van der Waals surface area (Å²) in [4.78, 5) is 12.3. The van der Waals surface area contributed by atoms with Crippen LogP contribution in [0.4, 0.5) is 0 Å². The van der Waals surface area contributed by atoms with Gasteiger partial charge in [-0.15, -0.1) is 0 Å². The summed E-state index contributed by atoms with van der Waals surface area (Å²) >= 11 is 0. The quantitative estimate of drug-likeness (QED) is 0.559. The number of rotatable bonds is 7. The van der Waals surface area contributed by atoms with E-state index in [9.17, 15) is 4.79 Å². The van der Waals surface area contributed by atoms with Crippen molar-refractivity contribution in [2.24, 2.45) is 11.8 Å². The first-order chi connectivity index (χ1) is 12.3. The molecule has 1 fully saturated rings. The van der Waals surface area contributed by atoms with Gasteiger partial charge in [0.05, 0.1) is 31.9 Å². The summed E-state index contributed by atoms with van der Waals surface area (Å²) < 4.78 is 13.1. The Morgan fingerprint density at radius 2 is 1.96 bits per heavy atom. The Bertz CT molecular complexity index is 733. The number of esters is 1. The lowest BCUT2D eigenvalue weighted by atomic mass is 10.1. The summed E-state index contributed by atoms with van der Waals surface area (Å²) in [5, 5.41) is 4.41. The maximum absolute atomic E-state index is 12.3. The highest BCUT2D eigenvalue weighted by molar-refractivity contribution is 5.78. The first-order valence-corrected chi connectivity index (χ1v) is 9.22. The molecule has 0 saturated heterocycles. The minimum atomic E-state index is -0.440. The van der Waals surface area contributed by atoms with Gasteiger partial charge < -0.3 is 9.47 Å². The second kappa shape index (κ2) is 7.62. The number of carbonyl (C=O) groups is 1. The molecule has 1 aromatic carbocycles. The van der Waals surface area contributed by atoms with Crippen LogP contribution in [-0.2, 0) is 27.4 Å². The van der Waals surface area contributed by atoms with Crippen LogP contribution in [0.3, 0.4) is 0 Å². The molecule has 1 aromatic heterocycles. The number of hydrogen-bond donors (Lipinski definition) is 0. The zero-order chi connectivity index (χ0) is 18.7. The van der Waals surface area contributed by atoms with Gasteiger partial charge in [-0.3, -0.25) is 9.48 Å². The molecule has 3 atom stereocenters. The largest absolute Gasteiger partial charge is 0.460 e. The third kappa shape index (κ3) is 4.73. The van der Waals surface area contributed by atoms with Gasteiger partial charge >= 0.3 is 5.97 Å². The fourth-order valence-electron chi connectivity index (χ4n) is 3.30. The Labute approximate surface area is 155 Å². The molecule has 1 aliphatic carbocycles. The van der Waals surface area contributed by atoms with Gasteiger partial charge in [-0.2, -0.15) is 5.10 Å². The van der Waals surface area contributed by atoms with Crippen LogP contribution in [0.25, 0.3) is 0 Å². The van der Waals surface area contributed by atoms with E-state index in [4.69, 9.17) is 9.47 Å². The number of ether oxygens (including phenoxy) is 2. The van der Waals surface area contributed by atoms with Crippen LogP contribution in [0.1, 0.15) is 44.7 Å². The molecule has 0 spiro atoms. The number of aromatic nitrogens is 2. The average molecular weight is 356 g/mol. The van der Waals surface area contributed by atoms with Crippen molar-refractivity contribution in [3.05, 3.63) is 53.9 Å². The van der Waals surface area contributed by atoms with E-state index in [0.717, 1.165) is 5.56 Å². The van der Waals surface area contributed by atoms with Crippen molar-refractivity contribution in [2.75, 3.05) is 6.61 Å². The summed E-state index contributed by atoms with van der Waals surface area (Å²) in [6.45, 7) is 9.72. The number of benzene rings is 1. The van der Waals surface area contributed by atoms with Gasteiger partial charge in [0.2, 0.25) is 0 Å². The smallest absolute Gasteiger partial charge is 0.310 e. The third-order valence-corrected chi connectivity index (χ3v) is 4.67. The predicted octanol–water partition coefficient (Wildman–Crippen LogP) is 3.79. The molecule has 140 valence electrons. The summed E-state index contributed by atoms with van der Waals surface area (Å²) in [7, 11) is 0. The van der Waals surface area contributed by atoms with Crippen LogP contribution < -0.4 is 0 Å². The maximum Gasteiger partial charge on any atom is 0.310 e. The average Bonchev–Trinajstić information content (AvgIpc) is 3.03. The summed E-state index contributed by atoms with van der Waals surface area (Å²) in [5.74, 6) is 0.357. The summed E-state index contributed by atoms with van der Waals surface area (Å²) in [5.41, 5.74) is 1.83. The second-order valence-electron chi connectivity index (χ2n) is 8.02. The Hall–Kier alpha value is -2.14. The van der Waals surface area contributed by atoms with Crippen LogP contribution in [-0.4, -0.2) is 28.0 Å². The Balaban J connectivity index is 1.47. The van der Waals surface area contributed by atoms with Gasteiger partial charge in [-0.1, -0.05) is 37.3 Å². The second-order valence-corrected chi connectivity index (χ2v) is 8.02. The standard InChI is InChI=1S/C21H28N2O3/c1-15-18(19(15)20(24)26-21(2,3)4)17-12-22-23(13-17)10-11-25-14-16-8-6-5-7-9-16/h5-9,12-13,15,18-19H,10-11,14H2,1-4H3. The SMILES string of the molecule is CC1C(C(=O)OC(C)(C)C)C1c1cnn(CCOCc2ccccc2)c1. The van der Waals surface area contributed by atoms with Crippen molar-refractivity contribution >= 4 is 5.97 Å². The van der Waals surface area contributed by atoms with Gasteiger partial charge in [0.1, 0.15) is 5.60 Å². The molecular weight excluding hydrogens is 328 g/mol. The molecule has 1 aliphatic rings. The highest BCUT2D eigenvalue weighted by Gasteiger charge is 2.54. The molecule has 1 saturated carbocycles. The fraction of sp³-hybridized carbons (Fsp3) is 0.524. The van der Waals surface area contributed by atoms with Gasteiger partial charge in [0, 0.05) is 12.1 Å². The van der Waals surface area contributed by atoms with E-state index in [1.165, 1.54) is 5.56 Å². The maximum atomic E-state index is 12.3. The van der Waals surface area contributed by atoms with Crippen molar-refractivity contribution in [2.45, 2.75) is 52.4 Å². The third-order valence-electron chi connectivity index (χ3n) is 4.67. The van der Waals surface area contributed by atoms with Crippen LogP contribution >= 0.6 is 0 Å². The monoisotopic (exact) mass is 356 g/mol. The lowest BCUT2D eigenvalue weighted by molar-refractivity contribution is -0.156. The molecule has 5 heteroatoms. The van der Waals surface area contributed by atoms with Gasteiger partial charge in [-0.05, 0) is 37.8 Å². The summed E-state index contributed by atoms with van der Waals surface area (Å²) in [6, 6.07) is 10.1. The van der Waals surface area contributed by atoms with Gasteiger partial charge in [0.15, 0.2) is 0 Å². The minimum absolute atomic E-state index is 0.0544. The fourth-order valence-corrected chi connectivity index (χ4v) is 3.30. The molecule has 0 radical (unpaired) electrons. The molecule has 5 nitrogen and oxygen atoms in total. The van der Waals surface area contributed by atoms with Crippen LogP contribution in [0.15, 0.2) is 42.7 Å². The van der Waals surface area contributed by atoms with E-state index >= 15 is 0 Å². The number of carbonyl (C=O) groups excluding carboxylic acids is 1. The summed E-state index contributed by atoms with van der Waals surface area (Å²) in [6.07, 6.45) is 3.89. The van der Waals surface area contributed by atoms with Gasteiger partial charge in [0.25, 0.3) is 0 Å².